The average molecular weight is 290 g/mol. The number of aromatic nitrogens is 2. The second kappa shape index (κ2) is 5.79. The topological polar surface area (TPSA) is 56.0 Å². The van der Waals surface area contributed by atoms with Crippen molar-refractivity contribution in [2.45, 2.75) is 32.9 Å². The summed E-state index contributed by atoms with van der Waals surface area (Å²) in [5.74, 6) is 1.01. The fourth-order valence-electron chi connectivity index (χ4n) is 1.53. The molecule has 0 unspecified atom stereocenters. The van der Waals surface area contributed by atoms with E-state index in [2.05, 4.69) is 10.2 Å². The molecule has 0 aliphatic rings. The molecule has 106 valence electrons. The number of ketones is 1. The lowest BCUT2D eigenvalue weighted by molar-refractivity contribution is -0.123. The predicted molar refractivity (Wildman–Crippen MR) is 79.7 cm³/mol. The molecule has 4 nitrogen and oxygen atoms in total. The van der Waals surface area contributed by atoms with E-state index in [1.54, 1.807) is 0 Å². The molecule has 0 radical (unpaired) electrons. The number of carbonyl (C=O) groups is 1. The monoisotopic (exact) mass is 290 g/mol. The Kier molecular flexibility index (Phi) is 4.28. The zero-order valence-electron chi connectivity index (χ0n) is 12.1. The minimum Gasteiger partial charge on any atom is -0.411 e. The fraction of sp³-hybridized carbons (Fsp3) is 0.400. The Morgan fingerprint density at radius 1 is 1.25 bits per heavy atom. The molecule has 0 aliphatic carbocycles. The molecule has 2 rings (SSSR count). The van der Waals surface area contributed by atoms with Gasteiger partial charge in [0, 0.05) is 11.0 Å². The fourth-order valence-corrected chi connectivity index (χ4v) is 2.46. The Labute approximate surface area is 123 Å². The molecule has 0 saturated carbocycles. The van der Waals surface area contributed by atoms with Gasteiger partial charge >= 0.3 is 0 Å². The average Bonchev–Trinajstić information content (AvgIpc) is 2.84. The van der Waals surface area contributed by atoms with Crippen LogP contribution in [-0.4, -0.2) is 21.7 Å². The van der Waals surface area contributed by atoms with Gasteiger partial charge in [-0.2, -0.15) is 0 Å². The van der Waals surface area contributed by atoms with Crippen LogP contribution in [0.4, 0.5) is 0 Å². The molecular formula is C15H18N2O2S. The van der Waals surface area contributed by atoms with Crippen molar-refractivity contribution in [3.8, 4) is 11.5 Å². The number of thioether (sulfide) groups is 1. The van der Waals surface area contributed by atoms with E-state index in [-0.39, 0.29) is 11.2 Å². The minimum atomic E-state index is -0.341. The van der Waals surface area contributed by atoms with Crippen LogP contribution in [0.3, 0.4) is 0 Å². The second-order valence-electron chi connectivity index (χ2n) is 5.65. The summed E-state index contributed by atoms with van der Waals surface area (Å²) in [6.45, 7) is 7.71. The van der Waals surface area contributed by atoms with Gasteiger partial charge in [-0.15, -0.1) is 10.2 Å². The number of benzene rings is 1. The number of rotatable bonds is 4. The summed E-state index contributed by atoms with van der Waals surface area (Å²) in [5, 5.41) is 8.45. The van der Waals surface area contributed by atoms with Gasteiger partial charge in [-0.3, -0.25) is 4.79 Å². The van der Waals surface area contributed by atoms with Gasteiger partial charge in [0.15, 0.2) is 0 Å². The second-order valence-corrected chi connectivity index (χ2v) is 6.58. The van der Waals surface area contributed by atoms with E-state index in [4.69, 9.17) is 4.42 Å². The molecule has 1 heterocycles. The molecule has 0 spiro atoms. The van der Waals surface area contributed by atoms with E-state index in [0.717, 1.165) is 11.1 Å². The van der Waals surface area contributed by atoms with Crippen LogP contribution in [0.1, 0.15) is 26.3 Å². The highest BCUT2D eigenvalue weighted by Crippen LogP contribution is 2.27. The van der Waals surface area contributed by atoms with Crippen molar-refractivity contribution in [1.29, 1.82) is 0 Å². The molecular weight excluding hydrogens is 272 g/mol. The third-order valence-corrected chi connectivity index (χ3v) is 3.76. The Morgan fingerprint density at radius 3 is 2.60 bits per heavy atom. The maximum Gasteiger partial charge on any atom is 0.277 e. The van der Waals surface area contributed by atoms with Crippen molar-refractivity contribution in [2.24, 2.45) is 5.41 Å². The SMILES string of the molecule is Cc1ccccc1-c1nnc(SCC(=O)C(C)(C)C)o1. The van der Waals surface area contributed by atoms with Crippen molar-refractivity contribution in [2.75, 3.05) is 5.75 Å². The molecule has 1 aromatic heterocycles. The highest BCUT2D eigenvalue weighted by atomic mass is 32.2. The van der Waals surface area contributed by atoms with Crippen LogP contribution in [0.5, 0.6) is 0 Å². The Hall–Kier alpha value is -1.62. The summed E-state index contributed by atoms with van der Waals surface area (Å²) >= 11 is 1.29. The van der Waals surface area contributed by atoms with Gasteiger partial charge < -0.3 is 4.42 Å². The highest BCUT2D eigenvalue weighted by Gasteiger charge is 2.22. The maximum atomic E-state index is 11.9. The van der Waals surface area contributed by atoms with E-state index in [9.17, 15) is 4.79 Å². The standard InChI is InChI=1S/C15H18N2O2S/c1-10-7-5-6-8-11(10)13-16-17-14(19-13)20-9-12(18)15(2,3)4/h5-8H,9H2,1-4H3. The summed E-state index contributed by atoms with van der Waals surface area (Å²) < 4.78 is 5.60. The van der Waals surface area contributed by atoms with Crippen LogP contribution in [-0.2, 0) is 4.79 Å². The summed E-state index contributed by atoms with van der Waals surface area (Å²) in [6, 6.07) is 7.84. The van der Waals surface area contributed by atoms with Crippen LogP contribution in [0, 0.1) is 12.3 Å². The van der Waals surface area contributed by atoms with Gasteiger partial charge in [-0.05, 0) is 18.6 Å². The Balaban J connectivity index is 2.07. The van der Waals surface area contributed by atoms with Gasteiger partial charge in [-0.25, -0.2) is 0 Å². The maximum absolute atomic E-state index is 11.9. The molecule has 0 N–H and O–H groups in total. The molecule has 0 aliphatic heterocycles. The summed E-state index contributed by atoms with van der Waals surface area (Å²) in [6.07, 6.45) is 0. The minimum absolute atomic E-state index is 0.165. The van der Waals surface area contributed by atoms with Gasteiger partial charge in [0.1, 0.15) is 5.78 Å². The number of hydrogen-bond acceptors (Lipinski definition) is 5. The largest absolute Gasteiger partial charge is 0.411 e. The molecule has 1 aromatic carbocycles. The molecule has 0 atom stereocenters. The first-order valence-corrected chi connectivity index (χ1v) is 7.42. The first kappa shape index (κ1) is 14.8. The molecule has 0 amide bonds. The number of carbonyl (C=O) groups excluding carboxylic acids is 1. The number of aryl methyl sites for hydroxylation is 1. The van der Waals surface area contributed by atoms with E-state index in [1.165, 1.54) is 11.8 Å². The number of Topliss-reactive ketones (excluding diaryl/α,β-unsaturated/α-hetero) is 1. The smallest absolute Gasteiger partial charge is 0.277 e. The van der Waals surface area contributed by atoms with Crippen molar-refractivity contribution in [3.63, 3.8) is 0 Å². The van der Waals surface area contributed by atoms with Crippen LogP contribution >= 0.6 is 11.8 Å². The van der Waals surface area contributed by atoms with Crippen molar-refractivity contribution in [1.82, 2.24) is 10.2 Å². The zero-order chi connectivity index (χ0) is 14.8. The van der Waals surface area contributed by atoms with Gasteiger partial charge in [-0.1, -0.05) is 50.7 Å². The first-order valence-electron chi connectivity index (χ1n) is 6.43. The predicted octanol–water partition coefficient (Wildman–Crippen LogP) is 3.75. The zero-order valence-corrected chi connectivity index (χ0v) is 13.0. The van der Waals surface area contributed by atoms with Gasteiger partial charge in [0.2, 0.25) is 5.89 Å². The highest BCUT2D eigenvalue weighted by molar-refractivity contribution is 7.99. The van der Waals surface area contributed by atoms with E-state index >= 15 is 0 Å². The summed E-state index contributed by atoms with van der Waals surface area (Å²) in [4.78, 5) is 11.9. The number of hydrogen-bond donors (Lipinski definition) is 0. The lowest BCUT2D eigenvalue weighted by Gasteiger charge is -2.14. The van der Waals surface area contributed by atoms with Crippen LogP contribution < -0.4 is 0 Å². The summed E-state index contributed by atoms with van der Waals surface area (Å²) in [7, 11) is 0. The summed E-state index contributed by atoms with van der Waals surface area (Å²) in [5.41, 5.74) is 1.67. The third kappa shape index (κ3) is 3.48. The Morgan fingerprint density at radius 2 is 1.95 bits per heavy atom. The molecule has 2 aromatic rings. The molecule has 0 bridgehead atoms. The van der Waals surface area contributed by atoms with E-state index in [0.29, 0.717) is 16.9 Å². The number of nitrogens with zero attached hydrogens (tertiary/aromatic N) is 2. The van der Waals surface area contributed by atoms with E-state index in [1.807, 2.05) is 52.0 Å². The van der Waals surface area contributed by atoms with Crippen molar-refractivity contribution >= 4 is 17.5 Å². The van der Waals surface area contributed by atoms with E-state index < -0.39 is 0 Å². The normalized spacial score (nSPS) is 11.6. The molecule has 0 fully saturated rings. The van der Waals surface area contributed by atoms with Crippen LogP contribution in [0.2, 0.25) is 0 Å². The molecule has 20 heavy (non-hydrogen) atoms. The first-order chi connectivity index (χ1) is 9.38. The van der Waals surface area contributed by atoms with Gasteiger partial charge in [0.25, 0.3) is 5.22 Å². The quantitative estimate of drug-likeness (QED) is 0.803. The van der Waals surface area contributed by atoms with Crippen LogP contribution in [0.15, 0.2) is 33.9 Å². The van der Waals surface area contributed by atoms with Crippen LogP contribution in [0.25, 0.3) is 11.5 Å². The van der Waals surface area contributed by atoms with Gasteiger partial charge in [0.05, 0.1) is 5.75 Å². The molecule has 5 heteroatoms. The Bertz CT molecular complexity index is 614. The van der Waals surface area contributed by atoms with Crippen molar-refractivity contribution < 1.29 is 9.21 Å². The molecule has 0 saturated heterocycles. The third-order valence-electron chi connectivity index (χ3n) is 2.95. The van der Waals surface area contributed by atoms with Crippen molar-refractivity contribution in [3.05, 3.63) is 29.8 Å². The lowest BCUT2D eigenvalue weighted by Crippen LogP contribution is -2.21. The lowest BCUT2D eigenvalue weighted by atomic mass is 9.92.